The number of fused-ring (bicyclic) bond motifs is 1. The number of hydrogen-bond donors (Lipinski definition) is 1. The molecule has 0 saturated carbocycles. The summed E-state index contributed by atoms with van der Waals surface area (Å²) in [7, 11) is -1.52. The van der Waals surface area contributed by atoms with Gasteiger partial charge in [-0.25, -0.2) is 13.1 Å². The minimum atomic E-state index is -3.43. The highest BCUT2D eigenvalue weighted by atomic mass is 32.2. The van der Waals surface area contributed by atoms with Crippen LogP contribution >= 0.6 is 0 Å². The number of Topliss-reactive ketones (excluding diaryl/α,β-unsaturated/α-hetero) is 1. The molecule has 0 atom stereocenters. The van der Waals surface area contributed by atoms with Gasteiger partial charge in [-0.15, -0.1) is 0 Å². The zero-order chi connectivity index (χ0) is 17.3. The van der Waals surface area contributed by atoms with E-state index in [-0.39, 0.29) is 12.3 Å². The van der Waals surface area contributed by atoms with Crippen molar-refractivity contribution in [3.05, 3.63) is 60.2 Å². The summed E-state index contributed by atoms with van der Waals surface area (Å²) in [5.41, 5.74) is 3.17. The Morgan fingerprint density at radius 2 is 1.67 bits per heavy atom. The fourth-order valence-corrected chi connectivity index (χ4v) is 3.29. The number of aromatic nitrogens is 1. The van der Waals surface area contributed by atoms with E-state index in [2.05, 4.69) is 4.72 Å². The molecule has 0 unspecified atom stereocenters. The van der Waals surface area contributed by atoms with Crippen molar-refractivity contribution in [1.82, 2.24) is 9.29 Å². The third kappa shape index (κ3) is 3.11. The highest BCUT2D eigenvalue weighted by molar-refractivity contribution is 7.88. The smallest absolute Gasteiger partial charge is 0.209 e. The van der Waals surface area contributed by atoms with Crippen LogP contribution in [-0.2, 0) is 17.1 Å². The van der Waals surface area contributed by atoms with E-state index in [4.69, 9.17) is 0 Å². The predicted octanol–water partition coefficient (Wildman–Crippen LogP) is 2.58. The molecule has 0 aliphatic rings. The summed E-state index contributed by atoms with van der Waals surface area (Å²) in [5, 5.41) is 0.819. The van der Waals surface area contributed by atoms with E-state index in [1.54, 1.807) is 0 Å². The van der Waals surface area contributed by atoms with Crippen LogP contribution in [-0.4, -0.2) is 31.6 Å². The summed E-state index contributed by atoms with van der Waals surface area (Å²) in [5.74, 6) is -0.254. The Kier molecular flexibility index (Phi) is 4.26. The summed E-state index contributed by atoms with van der Waals surface area (Å²) in [4.78, 5) is 12.8. The topological polar surface area (TPSA) is 68.2 Å². The zero-order valence-electron chi connectivity index (χ0n) is 13.5. The standard InChI is InChI=1S/C18H18N2O3S/c1-20-15-11-7-6-10-14(15)17(16(21)12-19-24(2,22)23)18(20)13-8-4-3-5-9-13/h3-11,19H,12H2,1-2H3. The van der Waals surface area contributed by atoms with Crippen LogP contribution < -0.4 is 4.72 Å². The van der Waals surface area contributed by atoms with Crippen LogP contribution in [0.15, 0.2) is 54.6 Å². The molecule has 3 rings (SSSR count). The van der Waals surface area contributed by atoms with Crippen molar-refractivity contribution in [2.45, 2.75) is 0 Å². The molecule has 124 valence electrons. The first kappa shape index (κ1) is 16.4. The molecule has 0 saturated heterocycles. The summed E-state index contributed by atoms with van der Waals surface area (Å²) in [6, 6.07) is 17.2. The van der Waals surface area contributed by atoms with E-state index in [9.17, 15) is 13.2 Å². The number of benzene rings is 2. The summed E-state index contributed by atoms with van der Waals surface area (Å²) in [6.07, 6.45) is 1.04. The minimum Gasteiger partial charge on any atom is -0.343 e. The normalized spacial score (nSPS) is 11.8. The maximum Gasteiger partial charge on any atom is 0.209 e. The molecule has 0 aliphatic heterocycles. The predicted molar refractivity (Wildman–Crippen MR) is 95.5 cm³/mol. The SMILES string of the molecule is Cn1c(-c2ccccc2)c(C(=O)CNS(C)(=O)=O)c2ccccc21. The highest BCUT2D eigenvalue weighted by Gasteiger charge is 2.22. The van der Waals surface area contributed by atoms with Gasteiger partial charge < -0.3 is 4.57 Å². The van der Waals surface area contributed by atoms with Crippen molar-refractivity contribution in [3.8, 4) is 11.3 Å². The fraction of sp³-hybridized carbons (Fsp3) is 0.167. The van der Waals surface area contributed by atoms with Gasteiger partial charge in [0.1, 0.15) is 0 Å². The fourth-order valence-electron chi connectivity index (χ4n) is 2.89. The number of carbonyl (C=O) groups is 1. The first-order valence-corrected chi connectivity index (χ1v) is 9.38. The second-order valence-electron chi connectivity index (χ2n) is 5.68. The average Bonchev–Trinajstić information content (AvgIpc) is 2.86. The minimum absolute atomic E-state index is 0.254. The molecule has 1 N–H and O–H groups in total. The van der Waals surface area contributed by atoms with Gasteiger partial charge in [-0.3, -0.25) is 4.79 Å². The van der Waals surface area contributed by atoms with Crippen LogP contribution in [0.5, 0.6) is 0 Å². The number of carbonyl (C=O) groups excluding carboxylic acids is 1. The van der Waals surface area contributed by atoms with E-state index < -0.39 is 10.0 Å². The number of nitrogens with zero attached hydrogens (tertiary/aromatic N) is 1. The maximum absolute atomic E-state index is 12.8. The maximum atomic E-state index is 12.8. The largest absolute Gasteiger partial charge is 0.343 e. The van der Waals surface area contributed by atoms with Crippen molar-refractivity contribution in [2.24, 2.45) is 7.05 Å². The Balaban J connectivity index is 2.20. The van der Waals surface area contributed by atoms with E-state index in [1.807, 2.05) is 66.2 Å². The average molecular weight is 342 g/mol. The van der Waals surface area contributed by atoms with Crippen LogP contribution in [0.3, 0.4) is 0 Å². The lowest BCUT2D eigenvalue weighted by Gasteiger charge is -2.08. The number of para-hydroxylation sites is 1. The number of hydrogen-bond acceptors (Lipinski definition) is 3. The van der Waals surface area contributed by atoms with Gasteiger partial charge in [0.2, 0.25) is 10.0 Å². The van der Waals surface area contributed by atoms with Crippen LogP contribution in [0.25, 0.3) is 22.2 Å². The van der Waals surface area contributed by atoms with Crippen molar-refractivity contribution in [1.29, 1.82) is 0 Å². The van der Waals surface area contributed by atoms with E-state index in [1.165, 1.54) is 0 Å². The summed E-state index contributed by atoms with van der Waals surface area (Å²) >= 11 is 0. The van der Waals surface area contributed by atoms with E-state index in [0.29, 0.717) is 5.56 Å². The van der Waals surface area contributed by atoms with Gasteiger partial charge in [-0.1, -0.05) is 48.5 Å². The summed E-state index contributed by atoms with van der Waals surface area (Å²) < 4.78 is 26.9. The molecule has 0 spiro atoms. The first-order chi connectivity index (χ1) is 11.4. The van der Waals surface area contributed by atoms with E-state index >= 15 is 0 Å². The molecular formula is C18H18N2O3S. The molecule has 1 aromatic heterocycles. The van der Waals surface area contributed by atoms with Crippen molar-refractivity contribution < 1.29 is 13.2 Å². The molecule has 0 aliphatic carbocycles. The molecule has 0 fully saturated rings. The lowest BCUT2D eigenvalue weighted by Crippen LogP contribution is -2.28. The molecule has 6 heteroatoms. The zero-order valence-corrected chi connectivity index (χ0v) is 14.3. The Bertz CT molecular complexity index is 1010. The first-order valence-electron chi connectivity index (χ1n) is 7.49. The Hall–Kier alpha value is -2.44. The molecular weight excluding hydrogens is 324 g/mol. The van der Waals surface area contributed by atoms with Gasteiger partial charge in [-0.2, -0.15) is 0 Å². The summed E-state index contributed by atoms with van der Waals surface area (Å²) in [6.45, 7) is -0.257. The van der Waals surface area contributed by atoms with Crippen LogP contribution in [0.2, 0.25) is 0 Å². The number of rotatable bonds is 5. The second-order valence-corrected chi connectivity index (χ2v) is 7.52. The number of nitrogens with one attached hydrogen (secondary N) is 1. The Labute approximate surface area is 141 Å². The molecule has 1 heterocycles. The van der Waals surface area contributed by atoms with Crippen molar-refractivity contribution in [3.63, 3.8) is 0 Å². The number of sulfonamides is 1. The molecule has 24 heavy (non-hydrogen) atoms. The molecule has 0 radical (unpaired) electrons. The van der Waals surface area contributed by atoms with Gasteiger partial charge in [0.15, 0.2) is 5.78 Å². The number of ketones is 1. The molecule has 2 aromatic carbocycles. The monoisotopic (exact) mass is 342 g/mol. The lowest BCUT2D eigenvalue weighted by molar-refractivity contribution is 0.0999. The number of aryl methyl sites for hydroxylation is 1. The van der Waals surface area contributed by atoms with Crippen LogP contribution in [0, 0.1) is 0 Å². The molecule has 0 amide bonds. The third-order valence-electron chi connectivity index (χ3n) is 3.93. The quantitative estimate of drug-likeness (QED) is 0.725. The van der Waals surface area contributed by atoms with Crippen molar-refractivity contribution >= 4 is 26.7 Å². The molecule has 0 bridgehead atoms. The highest BCUT2D eigenvalue weighted by Crippen LogP contribution is 2.33. The van der Waals surface area contributed by atoms with Gasteiger partial charge in [-0.05, 0) is 11.6 Å². The van der Waals surface area contributed by atoms with Crippen LogP contribution in [0.4, 0.5) is 0 Å². The molecule has 3 aromatic rings. The second kappa shape index (κ2) is 6.22. The van der Waals surface area contributed by atoms with Gasteiger partial charge in [0, 0.05) is 18.0 Å². The van der Waals surface area contributed by atoms with E-state index in [0.717, 1.165) is 28.4 Å². The van der Waals surface area contributed by atoms with Gasteiger partial charge >= 0.3 is 0 Å². The van der Waals surface area contributed by atoms with Gasteiger partial charge in [0.25, 0.3) is 0 Å². The third-order valence-corrected chi connectivity index (χ3v) is 4.60. The van der Waals surface area contributed by atoms with Gasteiger partial charge in [0.05, 0.1) is 24.1 Å². The Morgan fingerprint density at radius 1 is 1.04 bits per heavy atom. The lowest BCUT2D eigenvalue weighted by atomic mass is 10.0. The Morgan fingerprint density at radius 3 is 2.33 bits per heavy atom. The van der Waals surface area contributed by atoms with Crippen LogP contribution in [0.1, 0.15) is 10.4 Å². The molecule has 5 nitrogen and oxygen atoms in total. The van der Waals surface area contributed by atoms with Crippen molar-refractivity contribution in [2.75, 3.05) is 12.8 Å².